The molecule has 0 saturated carbocycles. The van der Waals surface area contributed by atoms with Crippen molar-refractivity contribution in [2.75, 3.05) is 13.1 Å². The summed E-state index contributed by atoms with van der Waals surface area (Å²) in [5.41, 5.74) is 1.93. The zero-order valence-corrected chi connectivity index (χ0v) is 17.1. The van der Waals surface area contributed by atoms with Gasteiger partial charge in [0.15, 0.2) is 0 Å². The number of rotatable bonds is 7. The molecule has 0 amide bonds. The first-order chi connectivity index (χ1) is 12.6. The van der Waals surface area contributed by atoms with Crippen LogP contribution in [0.2, 0.25) is 0 Å². The maximum Gasteiger partial charge on any atom is 0.262 e. The molecule has 0 unspecified atom stereocenters. The summed E-state index contributed by atoms with van der Waals surface area (Å²) in [5.74, 6) is 0.185. The first-order valence-corrected chi connectivity index (χ1v) is 11.2. The lowest BCUT2D eigenvalue weighted by molar-refractivity contribution is 0.581. The third-order valence-electron chi connectivity index (χ3n) is 3.70. The van der Waals surface area contributed by atoms with Crippen LogP contribution in [0.3, 0.4) is 0 Å². The molecule has 2 N–H and O–H groups in total. The van der Waals surface area contributed by atoms with Crippen molar-refractivity contribution in [1.29, 1.82) is 0 Å². The summed E-state index contributed by atoms with van der Waals surface area (Å²) >= 11 is 0. The minimum Gasteiger partial charge on any atom is -0.271 e. The fraction of sp³-hybridized carbons (Fsp3) is 0.278. The molecule has 0 saturated heterocycles. The Bertz CT molecular complexity index is 1010. The Morgan fingerprint density at radius 2 is 1.26 bits per heavy atom. The third kappa shape index (κ3) is 6.16. The van der Waals surface area contributed by atoms with Crippen molar-refractivity contribution in [3.8, 4) is 0 Å². The largest absolute Gasteiger partial charge is 0.271 e. The van der Waals surface area contributed by atoms with Crippen LogP contribution in [0.15, 0.2) is 63.3 Å². The third-order valence-corrected chi connectivity index (χ3v) is 6.63. The number of nitrogens with one attached hydrogen (secondary N) is 2. The van der Waals surface area contributed by atoms with Gasteiger partial charge in [-0.3, -0.25) is 9.71 Å². The van der Waals surface area contributed by atoms with Crippen LogP contribution < -0.4 is 9.44 Å². The molecular weight excluding hydrogens is 386 g/mol. The molecule has 0 aromatic heterocycles. The smallest absolute Gasteiger partial charge is 0.262 e. The van der Waals surface area contributed by atoms with Gasteiger partial charge in [-0.25, -0.2) is 21.6 Å². The molecule has 2 aromatic rings. The molecule has 0 heterocycles. The summed E-state index contributed by atoms with van der Waals surface area (Å²) in [6.07, 6.45) is 0. The number of nitrogens with zero attached hydrogens (tertiary/aromatic N) is 1. The van der Waals surface area contributed by atoms with Crippen LogP contribution in [0.1, 0.15) is 18.1 Å². The number of hydrogen-bond acceptors (Lipinski definition) is 5. The molecule has 7 nitrogen and oxygen atoms in total. The van der Waals surface area contributed by atoms with E-state index in [9.17, 15) is 16.8 Å². The molecule has 0 aliphatic rings. The Morgan fingerprint density at radius 3 is 1.74 bits per heavy atom. The van der Waals surface area contributed by atoms with Crippen molar-refractivity contribution >= 4 is 25.9 Å². The van der Waals surface area contributed by atoms with E-state index in [2.05, 4.69) is 14.4 Å². The fourth-order valence-corrected chi connectivity index (χ4v) is 4.29. The maximum absolute atomic E-state index is 12.3. The number of amidine groups is 1. The van der Waals surface area contributed by atoms with E-state index < -0.39 is 20.0 Å². The molecule has 0 aliphatic carbocycles. The molecule has 0 radical (unpaired) electrons. The van der Waals surface area contributed by atoms with Crippen molar-refractivity contribution in [3.05, 3.63) is 59.7 Å². The van der Waals surface area contributed by atoms with Crippen molar-refractivity contribution < 1.29 is 16.8 Å². The van der Waals surface area contributed by atoms with E-state index in [-0.39, 0.29) is 28.7 Å². The topological polar surface area (TPSA) is 105 Å². The molecule has 27 heavy (non-hydrogen) atoms. The van der Waals surface area contributed by atoms with Crippen molar-refractivity contribution in [2.24, 2.45) is 4.99 Å². The number of aliphatic imine (C=N–C) groups is 1. The molecule has 9 heteroatoms. The minimum absolute atomic E-state index is 0.0554. The lowest BCUT2D eigenvalue weighted by Gasteiger charge is -2.09. The second-order valence-electron chi connectivity index (χ2n) is 6.10. The quantitative estimate of drug-likeness (QED) is 0.414. The van der Waals surface area contributed by atoms with Gasteiger partial charge in [0, 0.05) is 6.54 Å². The highest BCUT2D eigenvalue weighted by Gasteiger charge is 2.15. The Morgan fingerprint density at radius 1 is 0.815 bits per heavy atom. The van der Waals surface area contributed by atoms with Crippen molar-refractivity contribution in [2.45, 2.75) is 30.6 Å². The van der Waals surface area contributed by atoms with Gasteiger partial charge in [-0.05, 0) is 45.0 Å². The van der Waals surface area contributed by atoms with E-state index in [1.807, 2.05) is 13.8 Å². The van der Waals surface area contributed by atoms with Gasteiger partial charge in [0.1, 0.15) is 5.84 Å². The first kappa shape index (κ1) is 21.1. The number of sulfonamides is 2. The van der Waals surface area contributed by atoms with E-state index >= 15 is 0 Å². The molecule has 0 atom stereocenters. The van der Waals surface area contributed by atoms with Gasteiger partial charge >= 0.3 is 0 Å². The summed E-state index contributed by atoms with van der Waals surface area (Å²) in [7, 11) is -7.32. The van der Waals surface area contributed by atoms with Crippen molar-refractivity contribution in [1.82, 2.24) is 9.44 Å². The van der Waals surface area contributed by atoms with E-state index in [0.29, 0.717) is 0 Å². The predicted octanol–water partition coefficient (Wildman–Crippen LogP) is 1.98. The van der Waals surface area contributed by atoms with Gasteiger partial charge in [0.05, 0.1) is 16.3 Å². The molecule has 0 bridgehead atoms. The molecule has 2 aromatic carbocycles. The van der Waals surface area contributed by atoms with Gasteiger partial charge in [-0.1, -0.05) is 35.4 Å². The molecular formula is C18H23N3O4S2. The summed E-state index contributed by atoms with van der Waals surface area (Å²) in [6, 6.07) is 12.9. The van der Waals surface area contributed by atoms with Crippen LogP contribution in [0, 0.1) is 13.8 Å². The Hall–Kier alpha value is -2.23. The lowest BCUT2D eigenvalue weighted by Crippen LogP contribution is -2.30. The standard InChI is InChI=1S/C18H23N3O4S2/c1-14-4-8-17(9-5-14)26(22,23)20-13-12-19-16(3)21-27(24,25)18-10-6-15(2)7-11-18/h4-11,20H,12-13H2,1-3H3,(H,19,21). The van der Waals surface area contributed by atoms with Gasteiger partial charge in [0.2, 0.25) is 10.0 Å². The van der Waals surface area contributed by atoms with E-state index in [1.165, 1.54) is 31.2 Å². The fourth-order valence-electron chi connectivity index (χ4n) is 2.21. The molecule has 0 fully saturated rings. The Kier molecular flexibility index (Phi) is 6.74. The van der Waals surface area contributed by atoms with Crippen LogP contribution in [0.5, 0.6) is 0 Å². The Balaban J connectivity index is 1.92. The van der Waals surface area contributed by atoms with E-state index in [4.69, 9.17) is 0 Å². The van der Waals surface area contributed by atoms with Crippen LogP contribution in [-0.4, -0.2) is 35.8 Å². The maximum atomic E-state index is 12.3. The van der Waals surface area contributed by atoms with Crippen molar-refractivity contribution in [3.63, 3.8) is 0 Å². The highest BCUT2D eigenvalue weighted by Crippen LogP contribution is 2.10. The summed E-state index contributed by atoms with van der Waals surface area (Å²) in [6.45, 7) is 5.42. The molecule has 146 valence electrons. The SMILES string of the molecule is CC(=NCCNS(=O)(=O)c1ccc(C)cc1)NS(=O)(=O)c1ccc(C)cc1. The molecule has 0 spiro atoms. The number of aryl methyl sites for hydroxylation is 2. The van der Waals surface area contributed by atoms with Crippen LogP contribution in [-0.2, 0) is 20.0 Å². The average Bonchev–Trinajstić information content (AvgIpc) is 2.59. The molecule has 0 aliphatic heterocycles. The van der Waals surface area contributed by atoms with Crippen LogP contribution >= 0.6 is 0 Å². The highest BCUT2D eigenvalue weighted by molar-refractivity contribution is 7.90. The predicted molar refractivity (Wildman–Crippen MR) is 106 cm³/mol. The second kappa shape index (κ2) is 8.64. The summed E-state index contributed by atoms with van der Waals surface area (Å²) in [5, 5.41) is 0. The number of hydrogen-bond donors (Lipinski definition) is 2. The normalized spacial score (nSPS) is 12.8. The summed E-state index contributed by atoms with van der Waals surface area (Å²) in [4.78, 5) is 4.38. The molecule has 2 rings (SSSR count). The minimum atomic E-state index is -3.71. The van der Waals surface area contributed by atoms with E-state index in [1.54, 1.807) is 24.3 Å². The van der Waals surface area contributed by atoms with Gasteiger partial charge in [-0.15, -0.1) is 0 Å². The van der Waals surface area contributed by atoms with Gasteiger partial charge in [-0.2, -0.15) is 0 Å². The average molecular weight is 410 g/mol. The number of benzene rings is 2. The summed E-state index contributed by atoms with van der Waals surface area (Å²) < 4.78 is 53.6. The lowest BCUT2D eigenvalue weighted by atomic mass is 10.2. The monoisotopic (exact) mass is 409 g/mol. The first-order valence-electron chi connectivity index (χ1n) is 8.27. The van der Waals surface area contributed by atoms with Gasteiger partial charge < -0.3 is 0 Å². The Labute approximate surface area is 160 Å². The van der Waals surface area contributed by atoms with E-state index in [0.717, 1.165) is 11.1 Å². The zero-order valence-electron chi connectivity index (χ0n) is 15.4. The second-order valence-corrected chi connectivity index (χ2v) is 9.55. The van der Waals surface area contributed by atoms with Crippen LogP contribution in [0.4, 0.5) is 0 Å². The highest BCUT2D eigenvalue weighted by atomic mass is 32.2. The van der Waals surface area contributed by atoms with Gasteiger partial charge in [0.25, 0.3) is 10.0 Å². The van der Waals surface area contributed by atoms with Crippen LogP contribution in [0.25, 0.3) is 0 Å². The zero-order chi connectivity index (χ0) is 20.1.